The number of halogens is 3. The number of para-hydroxylation sites is 1. The number of aliphatic hydroxyl groups is 1. The van der Waals surface area contributed by atoms with E-state index in [4.69, 9.17) is 4.74 Å². The normalized spacial score (nSPS) is 19.2. The Bertz CT molecular complexity index is 2170. The Morgan fingerprint density at radius 3 is 1.83 bits per heavy atom. The number of hydrogen-bond donors (Lipinski definition) is 1. The van der Waals surface area contributed by atoms with Gasteiger partial charge >= 0.3 is 6.18 Å². The second-order valence-corrected chi connectivity index (χ2v) is 13.4. The largest absolute Gasteiger partial charge is 0.490 e. The molecule has 5 nitrogen and oxygen atoms in total. The number of ether oxygens (including phenoxy) is 1. The highest BCUT2D eigenvalue weighted by molar-refractivity contribution is 6.12. The molecule has 0 radical (unpaired) electrons. The van der Waals surface area contributed by atoms with Crippen molar-refractivity contribution in [1.82, 2.24) is 0 Å². The van der Waals surface area contributed by atoms with E-state index in [0.29, 0.717) is 35.7 Å². The fourth-order valence-corrected chi connectivity index (χ4v) is 7.77. The highest BCUT2D eigenvalue weighted by Gasteiger charge is 2.67. The first kappa shape index (κ1) is 33.3. The smallest absolute Gasteiger partial charge is 0.416 e. The molecular weight excluding hydrogens is 661 g/mol. The zero-order valence-corrected chi connectivity index (χ0v) is 28.1. The molecule has 0 saturated carbocycles. The van der Waals surface area contributed by atoms with E-state index < -0.39 is 22.8 Å². The van der Waals surface area contributed by atoms with E-state index in [1.165, 1.54) is 12.1 Å². The fourth-order valence-electron chi connectivity index (χ4n) is 7.77. The number of alkyl halides is 3. The Kier molecular flexibility index (Phi) is 8.35. The average molecular weight is 697 g/mol. The molecule has 8 heteroatoms. The zero-order valence-electron chi connectivity index (χ0n) is 28.1. The highest BCUT2D eigenvalue weighted by Crippen LogP contribution is 2.60. The predicted molar refractivity (Wildman–Crippen MR) is 195 cm³/mol. The van der Waals surface area contributed by atoms with Crippen molar-refractivity contribution < 1.29 is 27.8 Å². The van der Waals surface area contributed by atoms with Crippen LogP contribution in [0.25, 0.3) is 0 Å². The van der Waals surface area contributed by atoms with E-state index in [2.05, 4.69) is 29.2 Å². The van der Waals surface area contributed by atoms with E-state index in [0.717, 1.165) is 34.5 Å². The SMILES string of the molecule is O=C1N(Cc2ccccc2)c2ccccc2[C@@]12c1ccc(N(Cc3ccccc3)Cc3ccccc3)cc1OC[C@@]2(O)c1ccc(C(F)(F)F)cc1. The van der Waals surface area contributed by atoms with Crippen LogP contribution in [0.5, 0.6) is 5.75 Å². The minimum atomic E-state index is -4.57. The standard InChI is InChI=1S/C44H35F3N2O3/c45-44(46,47)35-22-20-34(21-23-35)42(51)30-52-40-26-36(48(27-31-12-4-1-5-13-31)28-32-14-6-2-7-15-32)24-25-38(40)43(42)37-18-10-11-19-39(37)49(41(43)50)29-33-16-8-3-9-17-33/h1-26,51H,27-30H2/t42-,43-/m1/s1. The van der Waals surface area contributed by atoms with Crippen molar-refractivity contribution in [3.05, 3.63) is 197 Å². The average Bonchev–Trinajstić information content (AvgIpc) is 3.41. The van der Waals surface area contributed by atoms with Gasteiger partial charge in [-0.2, -0.15) is 13.2 Å². The lowest BCUT2D eigenvalue weighted by molar-refractivity contribution is -0.140. The molecule has 260 valence electrons. The summed E-state index contributed by atoms with van der Waals surface area (Å²) in [7, 11) is 0. The van der Waals surface area contributed by atoms with Crippen molar-refractivity contribution >= 4 is 17.3 Å². The molecule has 1 N–H and O–H groups in total. The van der Waals surface area contributed by atoms with Crippen LogP contribution in [0.15, 0.2) is 158 Å². The molecule has 8 rings (SSSR count). The maximum Gasteiger partial charge on any atom is 0.416 e. The molecule has 52 heavy (non-hydrogen) atoms. The van der Waals surface area contributed by atoms with Gasteiger partial charge in [0, 0.05) is 36.1 Å². The van der Waals surface area contributed by atoms with Crippen LogP contribution >= 0.6 is 0 Å². The Morgan fingerprint density at radius 2 is 1.23 bits per heavy atom. The van der Waals surface area contributed by atoms with E-state index in [9.17, 15) is 18.3 Å². The first-order chi connectivity index (χ1) is 25.2. The third-order valence-electron chi connectivity index (χ3n) is 10.3. The minimum absolute atomic E-state index is 0.148. The molecule has 2 atom stereocenters. The number of benzene rings is 6. The Labute approximate surface area is 300 Å². The molecule has 0 unspecified atom stereocenters. The maximum absolute atomic E-state index is 15.3. The number of hydrogen-bond acceptors (Lipinski definition) is 4. The van der Waals surface area contributed by atoms with Gasteiger partial charge in [-0.3, -0.25) is 4.79 Å². The number of fused-ring (bicyclic) bond motifs is 4. The van der Waals surface area contributed by atoms with E-state index in [1.54, 1.807) is 4.90 Å². The van der Waals surface area contributed by atoms with Gasteiger partial charge in [-0.25, -0.2) is 0 Å². The van der Waals surface area contributed by atoms with Crippen molar-refractivity contribution in [1.29, 1.82) is 0 Å². The van der Waals surface area contributed by atoms with Crippen molar-refractivity contribution in [2.45, 2.75) is 36.8 Å². The molecule has 1 amide bonds. The number of carbonyl (C=O) groups excluding carboxylic acids is 1. The van der Waals surface area contributed by atoms with Gasteiger partial charge < -0.3 is 19.6 Å². The number of anilines is 2. The van der Waals surface area contributed by atoms with Crippen LogP contribution < -0.4 is 14.5 Å². The Hall–Kier alpha value is -5.86. The Morgan fingerprint density at radius 1 is 0.673 bits per heavy atom. The molecule has 6 aromatic carbocycles. The lowest BCUT2D eigenvalue weighted by atomic mass is 9.60. The van der Waals surface area contributed by atoms with Crippen molar-refractivity contribution in [2.75, 3.05) is 16.4 Å². The highest BCUT2D eigenvalue weighted by atomic mass is 19.4. The maximum atomic E-state index is 15.3. The van der Waals surface area contributed by atoms with E-state index in [1.807, 2.05) is 109 Å². The number of amides is 1. The Balaban J connectivity index is 1.30. The summed E-state index contributed by atoms with van der Waals surface area (Å²) in [5.74, 6) is 0.0348. The van der Waals surface area contributed by atoms with Gasteiger partial charge in [-0.1, -0.05) is 127 Å². The molecule has 6 aromatic rings. The van der Waals surface area contributed by atoms with Crippen LogP contribution in [0.1, 0.15) is 38.9 Å². The summed E-state index contributed by atoms with van der Waals surface area (Å²) in [5, 5.41) is 13.0. The summed E-state index contributed by atoms with van der Waals surface area (Å²) >= 11 is 0. The third-order valence-corrected chi connectivity index (χ3v) is 10.3. The fraction of sp³-hybridized carbons (Fsp3) is 0.159. The number of rotatable bonds is 8. The van der Waals surface area contributed by atoms with Crippen molar-refractivity contribution in [3.8, 4) is 5.75 Å². The van der Waals surface area contributed by atoms with Crippen LogP contribution in [0.3, 0.4) is 0 Å². The van der Waals surface area contributed by atoms with Crippen LogP contribution in [-0.4, -0.2) is 17.6 Å². The van der Waals surface area contributed by atoms with Crippen LogP contribution in [0.4, 0.5) is 24.5 Å². The molecule has 0 fully saturated rings. The van der Waals surface area contributed by atoms with Gasteiger partial charge in [-0.15, -0.1) is 0 Å². The quantitative estimate of drug-likeness (QED) is 0.173. The summed E-state index contributed by atoms with van der Waals surface area (Å²) in [6, 6.07) is 47.2. The molecule has 0 aliphatic carbocycles. The lowest BCUT2D eigenvalue weighted by Crippen LogP contribution is -2.61. The molecule has 2 aliphatic heterocycles. The third kappa shape index (κ3) is 5.60. The number of carbonyl (C=O) groups is 1. The minimum Gasteiger partial charge on any atom is -0.490 e. The molecule has 2 heterocycles. The monoisotopic (exact) mass is 696 g/mol. The second-order valence-electron chi connectivity index (χ2n) is 13.4. The molecule has 0 bridgehead atoms. The lowest BCUT2D eigenvalue weighted by Gasteiger charge is -2.48. The molecule has 0 aromatic heterocycles. The van der Waals surface area contributed by atoms with Gasteiger partial charge in [0.05, 0.1) is 12.1 Å². The van der Waals surface area contributed by atoms with Gasteiger partial charge in [0.25, 0.3) is 0 Å². The topological polar surface area (TPSA) is 53.0 Å². The molecule has 2 aliphatic rings. The first-order valence-corrected chi connectivity index (χ1v) is 17.1. The molecule has 0 saturated heterocycles. The number of nitrogens with zero attached hydrogens (tertiary/aromatic N) is 2. The van der Waals surface area contributed by atoms with Gasteiger partial charge in [0.15, 0.2) is 0 Å². The summed E-state index contributed by atoms with van der Waals surface area (Å²) in [6.45, 7) is 1.06. The van der Waals surface area contributed by atoms with Crippen molar-refractivity contribution in [3.63, 3.8) is 0 Å². The summed E-state index contributed by atoms with van der Waals surface area (Å²) in [4.78, 5) is 19.2. The molecule has 1 spiro atoms. The second kappa shape index (κ2) is 13.0. The zero-order chi connectivity index (χ0) is 35.9. The summed E-state index contributed by atoms with van der Waals surface area (Å²) in [6.07, 6.45) is -4.57. The van der Waals surface area contributed by atoms with Gasteiger partial charge in [0.1, 0.15) is 23.4 Å². The predicted octanol–water partition coefficient (Wildman–Crippen LogP) is 9.03. The van der Waals surface area contributed by atoms with E-state index in [-0.39, 0.29) is 24.6 Å². The van der Waals surface area contributed by atoms with Gasteiger partial charge in [-0.05, 0) is 52.1 Å². The molecular formula is C44H35F3N2O3. The van der Waals surface area contributed by atoms with Crippen LogP contribution in [-0.2, 0) is 41.6 Å². The first-order valence-electron chi connectivity index (χ1n) is 17.1. The summed E-state index contributed by atoms with van der Waals surface area (Å²) in [5.41, 5.74) is 1.06. The summed E-state index contributed by atoms with van der Waals surface area (Å²) < 4.78 is 47.5. The van der Waals surface area contributed by atoms with E-state index >= 15 is 4.79 Å². The van der Waals surface area contributed by atoms with Crippen LogP contribution in [0.2, 0.25) is 0 Å². The van der Waals surface area contributed by atoms with Crippen LogP contribution in [0, 0.1) is 0 Å². The van der Waals surface area contributed by atoms with Crippen molar-refractivity contribution in [2.24, 2.45) is 0 Å². The van der Waals surface area contributed by atoms with Gasteiger partial charge in [0.2, 0.25) is 5.91 Å².